The van der Waals surface area contributed by atoms with Gasteiger partial charge in [0.15, 0.2) is 0 Å². The Bertz CT molecular complexity index is 789. The predicted octanol–water partition coefficient (Wildman–Crippen LogP) is 4.17. The molecular weight excluding hydrogens is 362 g/mol. The fourth-order valence-corrected chi connectivity index (χ4v) is 3.92. The third-order valence-corrected chi connectivity index (χ3v) is 4.92. The lowest BCUT2D eigenvalue weighted by Gasteiger charge is -2.13. The Labute approximate surface area is 135 Å². The molecule has 0 aromatic heterocycles. The Hall–Kier alpha value is -1.21. The molecule has 0 fully saturated rings. The second-order valence-electron chi connectivity index (χ2n) is 4.04. The van der Waals surface area contributed by atoms with Crippen molar-refractivity contribution in [1.82, 2.24) is 0 Å². The Balaban J connectivity index is 2.51. The molecule has 4 nitrogen and oxygen atoms in total. The highest BCUT2D eigenvalue weighted by atomic mass is 35.5. The Morgan fingerprint density at radius 3 is 2.33 bits per heavy atom. The lowest BCUT2D eigenvalue weighted by Crippen LogP contribution is -2.16. The van der Waals surface area contributed by atoms with Crippen LogP contribution in [0, 0.1) is 5.82 Å². The van der Waals surface area contributed by atoms with Crippen LogP contribution < -0.4 is 10.5 Å². The first kappa shape index (κ1) is 16.2. The van der Waals surface area contributed by atoms with E-state index in [-0.39, 0.29) is 31.3 Å². The Kier molecular flexibility index (Phi) is 4.53. The van der Waals surface area contributed by atoms with Gasteiger partial charge < -0.3 is 5.73 Å². The fraction of sp³-hybridized carbons (Fsp3) is 0. The number of nitrogens with one attached hydrogen (secondary N) is 1. The molecular formula is C12H8Cl3FN2O2S. The Morgan fingerprint density at radius 1 is 1.05 bits per heavy atom. The zero-order valence-electron chi connectivity index (χ0n) is 10.2. The van der Waals surface area contributed by atoms with E-state index < -0.39 is 15.8 Å². The number of sulfonamides is 1. The van der Waals surface area contributed by atoms with Crippen LogP contribution in [0.4, 0.5) is 15.8 Å². The number of benzene rings is 2. The van der Waals surface area contributed by atoms with Crippen LogP contribution in [0.2, 0.25) is 15.1 Å². The van der Waals surface area contributed by atoms with Crippen LogP contribution in [0.15, 0.2) is 35.2 Å². The van der Waals surface area contributed by atoms with Crippen molar-refractivity contribution in [3.05, 3.63) is 51.2 Å². The van der Waals surface area contributed by atoms with E-state index >= 15 is 0 Å². The summed E-state index contributed by atoms with van der Waals surface area (Å²) >= 11 is 17.4. The molecule has 21 heavy (non-hydrogen) atoms. The van der Waals surface area contributed by atoms with Gasteiger partial charge in [0, 0.05) is 5.02 Å². The molecule has 0 atom stereocenters. The summed E-state index contributed by atoms with van der Waals surface area (Å²) in [5.41, 5.74) is 5.38. The van der Waals surface area contributed by atoms with E-state index in [4.69, 9.17) is 40.5 Å². The zero-order chi connectivity index (χ0) is 15.8. The summed E-state index contributed by atoms with van der Waals surface area (Å²) in [6.07, 6.45) is 0. The first-order valence-electron chi connectivity index (χ1n) is 5.43. The van der Waals surface area contributed by atoms with Gasteiger partial charge in [-0.25, -0.2) is 12.8 Å². The van der Waals surface area contributed by atoms with E-state index in [0.717, 1.165) is 12.1 Å². The molecule has 0 bridgehead atoms. The first-order chi connectivity index (χ1) is 9.70. The summed E-state index contributed by atoms with van der Waals surface area (Å²) in [6.45, 7) is 0. The maximum absolute atomic E-state index is 13.2. The van der Waals surface area contributed by atoms with Gasteiger partial charge in [-0.15, -0.1) is 0 Å². The summed E-state index contributed by atoms with van der Waals surface area (Å²) in [5, 5.41) is 0.0731. The van der Waals surface area contributed by atoms with E-state index in [1.54, 1.807) is 0 Å². The van der Waals surface area contributed by atoms with E-state index in [1.165, 1.54) is 18.2 Å². The smallest absolute Gasteiger partial charge is 0.265 e. The highest BCUT2D eigenvalue weighted by Gasteiger charge is 2.23. The van der Waals surface area contributed by atoms with Gasteiger partial charge in [0.05, 0.1) is 21.4 Å². The molecule has 0 unspecified atom stereocenters. The summed E-state index contributed by atoms with van der Waals surface area (Å²) in [4.78, 5) is -0.353. The van der Waals surface area contributed by atoms with Crippen molar-refractivity contribution >= 4 is 56.2 Å². The zero-order valence-corrected chi connectivity index (χ0v) is 13.3. The molecule has 0 heterocycles. The van der Waals surface area contributed by atoms with Crippen molar-refractivity contribution in [3.63, 3.8) is 0 Å². The summed E-state index contributed by atoms with van der Waals surface area (Å²) < 4.78 is 39.9. The monoisotopic (exact) mass is 368 g/mol. The Morgan fingerprint density at radius 2 is 1.71 bits per heavy atom. The molecule has 0 aliphatic heterocycles. The lowest BCUT2D eigenvalue weighted by molar-refractivity contribution is 0.601. The molecule has 0 saturated heterocycles. The molecule has 2 rings (SSSR count). The molecule has 0 saturated carbocycles. The number of anilines is 2. The molecule has 112 valence electrons. The summed E-state index contributed by atoms with van der Waals surface area (Å²) in [7, 11) is -4.15. The van der Waals surface area contributed by atoms with Gasteiger partial charge in [-0.3, -0.25) is 4.72 Å². The molecule has 0 spiro atoms. The number of halogens is 4. The van der Waals surface area contributed by atoms with Gasteiger partial charge in [0.2, 0.25) is 0 Å². The van der Waals surface area contributed by atoms with Gasteiger partial charge in [0.1, 0.15) is 10.7 Å². The number of nitrogen functional groups attached to an aromatic ring is 1. The van der Waals surface area contributed by atoms with Crippen molar-refractivity contribution in [2.45, 2.75) is 4.90 Å². The minimum absolute atomic E-state index is 0.0311. The molecule has 0 radical (unpaired) electrons. The standard InChI is InChI=1S/C12H8Cl3FN2O2S/c13-6-3-9(15)12(10(17)4-6)21(19,20)18-11-5-7(16)1-2-8(11)14/h1-5,18H,17H2. The summed E-state index contributed by atoms with van der Waals surface area (Å²) in [6, 6.07) is 5.75. The van der Waals surface area contributed by atoms with E-state index in [2.05, 4.69) is 4.72 Å². The van der Waals surface area contributed by atoms with Crippen molar-refractivity contribution in [2.75, 3.05) is 10.5 Å². The third-order valence-electron chi connectivity index (χ3n) is 2.48. The van der Waals surface area contributed by atoms with Crippen LogP contribution in [0.1, 0.15) is 0 Å². The second-order valence-corrected chi connectivity index (χ2v) is 6.91. The second kappa shape index (κ2) is 5.88. The number of hydrogen-bond donors (Lipinski definition) is 2. The molecule has 3 N–H and O–H groups in total. The van der Waals surface area contributed by atoms with E-state index in [0.29, 0.717) is 0 Å². The van der Waals surface area contributed by atoms with Gasteiger partial charge in [0.25, 0.3) is 10.0 Å². The van der Waals surface area contributed by atoms with E-state index in [1.807, 2.05) is 0 Å². The SMILES string of the molecule is Nc1cc(Cl)cc(Cl)c1S(=O)(=O)Nc1cc(F)ccc1Cl. The molecule has 0 aliphatic carbocycles. The van der Waals surface area contributed by atoms with Crippen molar-refractivity contribution in [2.24, 2.45) is 0 Å². The average molecular weight is 370 g/mol. The maximum Gasteiger partial charge on any atom is 0.265 e. The molecule has 0 amide bonds. The first-order valence-corrected chi connectivity index (χ1v) is 8.05. The normalized spacial score (nSPS) is 11.4. The lowest BCUT2D eigenvalue weighted by atomic mass is 10.3. The van der Waals surface area contributed by atoms with Crippen molar-refractivity contribution in [3.8, 4) is 0 Å². The van der Waals surface area contributed by atoms with Gasteiger partial charge in [-0.05, 0) is 30.3 Å². The van der Waals surface area contributed by atoms with Crippen molar-refractivity contribution in [1.29, 1.82) is 0 Å². The molecule has 9 heteroatoms. The van der Waals surface area contributed by atoms with Crippen LogP contribution in [0.3, 0.4) is 0 Å². The highest BCUT2D eigenvalue weighted by molar-refractivity contribution is 7.93. The van der Waals surface area contributed by atoms with E-state index in [9.17, 15) is 12.8 Å². The van der Waals surface area contributed by atoms with Crippen LogP contribution in [-0.4, -0.2) is 8.42 Å². The quantitative estimate of drug-likeness (QED) is 0.798. The third kappa shape index (κ3) is 3.52. The fourth-order valence-electron chi connectivity index (χ4n) is 1.64. The molecule has 2 aromatic carbocycles. The number of nitrogens with two attached hydrogens (primary N) is 1. The number of rotatable bonds is 3. The minimum Gasteiger partial charge on any atom is -0.398 e. The van der Waals surface area contributed by atoms with Gasteiger partial charge >= 0.3 is 0 Å². The largest absolute Gasteiger partial charge is 0.398 e. The maximum atomic E-state index is 13.2. The topological polar surface area (TPSA) is 72.2 Å². The molecule has 2 aromatic rings. The van der Waals surface area contributed by atoms with Crippen LogP contribution >= 0.6 is 34.8 Å². The van der Waals surface area contributed by atoms with Crippen molar-refractivity contribution < 1.29 is 12.8 Å². The van der Waals surface area contributed by atoms with Crippen LogP contribution in [-0.2, 0) is 10.0 Å². The average Bonchev–Trinajstić information content (AvgIpc) is 2.31. The minimum atomic E-state index is -4.15. The molecule has 0 aliphatic rings. The number of hydrogen-bond acceptors (Lipinski definition) is 3. The predicted molar refractivity (Wildman–Crippen MR) is 83.1 cm³/mol. The van der Waals surface area contributed by atoms with Crippen LogP contribution in [0.5, 0.6) is 0 Å². The van der Waals surface area contributed by atoms with Gasteiger partial charge in [-0.1, -0.05) is 34.8 Å². The summed E-state index contributed by atoms with van der Waals surface area (Å²) in [5.74, 6) is -0.646. The highest BCUT2D eigenvalue weighted by Crippen LogP contribution is 2.33. The van der Waals surface area contributed by atoms with Crippen LogP contribution in [0.25, 0.3) is 0 Å². The van der Waals surface area contributed by atoms with Gasteiger partial charge in [-0.2, -0.15) is 0 Å².